The second-order valence-electron chi connectivity index (χ2n) is 4.91. The summed E-state index contributed by atoms with van der Waals surface area (Å²) in [6, 6.07) is 8.38. The van der Waals surface area contributed by atoms with Crippen molar-refractivity contribution in [2.45, 2.75) is 16.7 Å². The van der Waals surface area contributed by atoms with Crippen molar-refractivity contribution in [3.05, 3.63) is 53.6 Å². The fraction of sp³-hybridized carbons (Fsp3) is 0.0714. The molecule has 24 heavy (non-hydrogen) atoms. The van der Waals surface area contributed by atoms with Crippen LogP contribution in [0.15, 0.2) is 52.3 Å². The van der Waals surface area contributed by atoms with Crippen molar-refractivity contribution < 1.29 is 31.3 Å². The first-order valence-corrected chi connectivity index (χ1v) is 9.37. The number of hydrogen-bond donors (Lipinski definition) is 3. The van der Waals surface area contributed by atoms with Gasteiger partial charge in [-0.25, -0.2) is 13.2 Å². The largest absolute Gasteiger partial charge is 0.478 e. The fourth-order valence-electron chi connectivity index (χ4n) is 1.87. The molecule has 0 spiro atoms. The summed E-state index contributed by atoms with van der Waals surface area (Å²) >= 11 is 0. The Morgan fingerprint density at radius 3 is 2.00 bits per heavy atom. The molecule has 0 atom stereocenters. The van der Waals surface area contributed by atoms with Gasteiger partial charge >= 0.3 is 5.97 Å². The molecule has 0 saturated heterocycles. The number of sulfonamides is 1. The molecule has 2 aromatic carbocycles. The summed E-state index contributed by atoms with van der Waals surface area (Å²) in [4.78, 5) is 10.5. The Kier molecular flexibility index (Phi) is 4.65. The molecule has 10 heteroatoms. The lowest BCUT2D eigenvalue weighted by molar-refractivity contribution is 0.0698. The standard InChI is InChI=1S/C14H13NO7S2/c1-9-2-4-10(5-3-9)23(18,19)15-13-7-6-11(24(20,21)22)8-12(13)14(16)17/h2-8,15H,1H3,(H,16,17)(H,20,21,22). The lowest BCUT2D eigenvalue weighted by Crippen LogP contribution is -2.16. The van der Waals surface area contributed by atoms with Crippen molar-refractivity contribution >= 4 is 31.8 Å². The molecule has 0 unspecified atom stereocenters. The molecular weight excluding hydrogens is 358 g/mol. The highest BCUT2D eigenvalue weighted by molar-refractivity contribution is 7.92. The number of nitrogens with one attached hydrogen (secondary N) is 1. The van der Waals surface area contributed by atoms with Gasteiger partial charge in [0, 0.05) is 0 Å². The number of rotatable bonds is 5. The Morgan fingerprint density at radius 2 is 1.50 bits per heavy atom. The van der Waals surface area contributed by atoms with E-state index in [-0.39, 0.29) is 10.6 Å². The molecule has 2 rings (SSSR count). The van der Waals surface area contributed by atoms with Gasteiger partial charge in [-0.2, -0.15) is 8.42 Å². The zero-order valence-electron chi connectivity index (χ0n) is 12.3. The van der Waals surface area contributed by atoms with Crippen LogP contribution in [0.2, 0.25) is 0 Å². The number of benzene rings is 2. The van der Waals surface area contributed by atoms with E-state index in [0.717, 1.165) is 17.7 Å². The van der Waals surface area contributed by atoms with Crippen LogP contribution < -0.4 is 4.72 Å². The summed E-state index contributed by atoms with van der Waals surface area (Å²) in [7, 11) is -8.68. The number of carboxylic acids is 1. The minimum absolute atomic E-state index is 0.0803. The number of aryl methyl sites for hydroxylation is 1. The first-order chi connectivity index (χ1) is 11.0. The van der Waals surface area contributed by atoms with Crippen LogP contribution in [0.5, 0.6) is 0 Å². The van der Waals surface area contributed by atoms with Crippen molar-refractivity contribution in [1.82, 2.24) is 0 Å². The molecule has 128 valence electrons. The van der Waals surface area contributed by atoms with Gasteiger partial charge in [0.2, 0.25) is 0 Å². The maximum Gasteiger partial charge on any atom is 0.337 e. The highest BCUT2D eigenvalue weighted by atomic mass is 32.2. The second-order valence-corrected chi connectivity index (χ2v) is 8.01. The number of aromatic carboxylic acids is 1. The average Bonchev–Trinajstić information content (AvgIpc) is 2.46. The first-order valence-electron chi connectivity index (χ1n) is 6.45. The maximum atomic E-state index is 12.3. The zero-order chi connectivity index (χ0) is 18.1. The zero-order valence-corrected chi connectivity index (χ0v) is 13.9. The Balaban J connectivity index is 2.49. The molecule has 0 aliphatic carbocycles. The van der Waals surface area contributed by atoms with Crippen LogP contribution in [-0.2, 0) is 20.1 Å². The molecule has 0 aromatic heterocycles. The van der Waals surface area contributed by atoms with E-state index in [9.17, 15) is 21.6 Å². The van der Waals surface area contributed by atoms with Crippen molar-refractivity contribution in [3.8, 4) is 0 Å². The van der Waals surface area contributed by atoms with Crippen molar-refractivity contribution in [2.75, 3.05) is 4.72 Å². The van der Waals surface area contributed by atoms with E-state index in [2.05, 4.69) is 4.72 Å². The van der Waals surface area contributed by atoms with Gasteiger partial charge in [0.1, 0.15) is 0 Å². The van der Waals surface area contributed by atoms with Crippen LogP contribution in [0.3, 0.4) is 0 Å². The lowest BCUT2D eigenvalue weighted by atomic mass is 10.2. The van der Waals surface area contributed by atoms with Gasteiger partial charge in [0.25, 0.3) is 20.1 Å². The molecule has 3 N–H and O–H groups in total. The third kappa shape index (κ3) is 3.91. The van der Waals surface area contributed by atoms with Gasteiger partial charge in [0.15, 0.2) is 0 Å². The highest BCUT2D eigenvalue weighted by Crippen LogP contribution is 2.24. The predicted molar refractivity (Wildman–Crippen MR) is 85.2 cm³/mol. The SMILES string of the molecule is Cc1ccc(S(=O)(=O)Nc2ccc(S(=O)(=O)O)cc2C(=O)O)cc1. The Morgan fingerprint density at radius 1 is 0.958 bits per heavy atom. The van der Waals surface area contributed by atoms with E-state index >= 15 is 0 Å². The number of hydrogen-bond acceptors (Lipinski definition) is 5. The van der Waals surface area contributed by atoms with Gasteiger partial charge in [-0.1, -0.05) is 17.7 Å². The number of anilines is 1. The molecule has 0 fully saturated rings. The van der Waals surface area contributed by atoms with Crippen LogP contribution in [0.4, 0.5) is 5.69 Å². The third-order valence-electron chi connectivity index (χ3n) is 3.09. The maximum absolute atomic E-state index is 12.3. The molecule has 0 bridgehead atoms. The number of carbonyl (C=O) groups is 1. The van der Waals surface area contributed by atoms with Gasteiger partial charge in [-0.15, -0.1) is 0 Å². The molecule has 0 aliphatic rings. The summed E-state index contributed by atoms with van der Waals surface area (Å²) in [6.45, 7) is 1.78. The van der Waals surface area contributed by atoms with E-state index in [0.29, 0.717) is 6.07 Å². The Labute approximate surface area is 138 Å². The van der Waals surface area contributed by atoms with Gasteiger partial charge in [-0.3, -0.25) is 9.27 Å². The van der Waals surface area contributed by atoms with Gasteiger partial charge in [0.05, 0.1) is 21.0 Å². The molecule has 0 aliphatic heterocycles. The summed E-state index contributed by atoms with van der Waals surface area (Å²) in [5.74, 6) is -1.55. The van der Waals surface area contributed by atoms with E-state index in [1.165, 1.54) is 12.1 Å². The summed E-state index contributed by atoms with van der Waals surface area (Å²) in [5.41, 5.74) is -0.0889. The van der Waals surface area contributed by atoms with Crippen molar-refractivity contribution in [2.24, 2.45) is 0 Å². The minimum Gasteiger partial charge on any atom is -0.478 e. The second kappa shape index (κ2) is 6.23. The smallest absolute Gasteiger partial charge is 0.337 e. The van der Waals surface area contributed by atoms with Gasteiger partial charge < -0.3 is 5.11 Å². The molecule has 8 nitrogen and oxygen atoms in total. The monoisotopic (exact) mass is 371 g/mol. The van der Waals surface area contributed by atoms with E-state index < -0.39 is 36.6 Å². The minimum atomic E-state index is -4.62. The quantitative estimate of drug-likeness (QED) is 0.681. The summed E-state index contributed by atoms with van der Waals surface area (Å²) in [5, 5.41) is 9.15. The highest BCUT2D eigenvalue weighted by Gasteiger charge is 2.21. The van der Waals surface area contributed by atoms with Crippen LogP contribution >= 0.6 is 0 Å². The summed E-state index contributed by atoms with van der Waals surface area (Å²) < 4.78 is 57.8. The third-order valence-corrected chi connectivity index (χ3v) is 5.33. The van der Waals surface area contributed by atoms with E-state index in [1.54, 1.807) is 19.1 Å². The van der Waals surface area contributed by atoms with E-state index in [4.69, 9.17) is 9.66 Å². The molecule has 0 saturated carbocycles. The molecule has 0 amide bonds. The normalized spacial score (nSPS) is 11.9. The fourth-order valence-corrected chi connectivity index (χ4v) is 3.46. The molecule has 0 radical (unpaired) electrons. The van der Waals surface area contributed by atoms with Crippen LogP contribution in [0, 0.1) is 6.92 Å². The first kappa shape index (κ1) is 17.9. The molecular formula is C14H13NO7S2. The molecule has 0 heterocycles. The number of carboxylic acid groups (broad SMARTS) is 1. The van der Waals surface area contributed by atoms with Crippen molar-refractivity contribution in [1.29, 1.82) is 0 Å². The molecule has 2 aromatic rings. The predicted octanol–water partition coefficient (Wildman–Crippen LogP) is 1.74. The topological polar surface area (TPSA) is 138 Å². The Bertz CT molecular complexity index is 994. The van der Waals surface area contributed by atoms with Gasteiger partial charge in [-0.05, 0) is 37.3 Å². The van der Waals surface area contributed by atoms with Crippen LogP contribution in [-0.4, -0.2) is 32.5 Å². The van der Waals surface area contributed by atoms with Crippen LogP contribution in [0.1, 0.15) is 15.9 Å². The summed E-state index contributed by atoms with van der Waals surface area (Å²) in [6.07, 6.45) is 0. The average molecular weight is 371 g/mol. The Hall–Kier alpha value is -2.43. The van der Waals surface area contributed by atoms with Crippen LogP contribution in [0.25, 0.3) is 0 Å². The lowest BCUT2D eigenvalue weighted by Gasteiger charge is -2.11. The van der Waals surface area contributed by atoms with E-state index in [1.807, 2.05) is 0 Å². The van der Waals surface area contributed by atoms with Crippen molar-refractivity contribution in [3.63, 3.8) is 0 Å².